The van der Waals surface area contributed by atoms with Crippen molar-refractivity contribution in [2.75, 3.05) is 0 Å². The Morgan fingerprint density at radius 1 is 1.20 bits per heavy atom. The summed E-state index contributed by atoms with van der Waals surface area (Å²) in [7, 11) is -4.53. The summed E-state index contributed by atoms with van der Waals surface area (Å²) >= 11 is 0. The Morgan fingerprint density at radius 3 is 2.20 bits per heavy atom. The van der Waals surface area contributed by atoms with E-state index in [0.29, 0.717) is 0 Å². The third-order valence-corrected chi connectivity index (χ3v) is 3.71. The van der Waals surface area contributed by atoms with Crippen LogP contribution in [0.25, 0.3) is 0 Å². The van der Waals surface area contributed by atoms with Crippen LogP contribution in [0.5, 0.6) is 0 Å². The van der Waals surface area contributed by atoms with Crippen LogP contribution in [0.15, 0.2) is 29.2 Å². The zero-order valence-electron chi connectivity index (χ0n) is 10.4. The van der Waals surface area contributed by atoms with Gasteiger partial charge in [-0.05, 0) is 11.6 Å². The molecule has 0 radical (unpaired) electrons. The minimum Gasteiger partial charge on any atom is -0.370 e. The number of hydrogen-bond donors (Lipinski definition) is 4. The number of carbonyl (C=O) groups excluding carboxylic acids is 2. The van der Waals surface area contributed by atoms with Crippen LogP contribution >= 0.6 is 0 Å². The molecule has 0 aliphatic heterocycles. The number of hydrogen-bond acceptors (Lipinski definition) is 5. The van der Waals surface area contributed by atoms with Crippen molar-refractivity contribution in [2.24, 2.45) is 17.2 Å². The van der Waals surface area contributed by atoms with Crippen LogP contribution in [-0.4, -0.2) is 30.8 Å². The minimum atomic E-state index is -4.53. The first-order chi connectivity index (χ1) is 9.14. The minimum absolute atomic E-state index is 0.0140. The lowest BCUT2D eigenvalue weighted by Gasteiger charge is -2.22. The van der Waals surface area contributed by atoms with Gasteiger partial charge < -0.3 is 17.2 Å². The largest absolute Gasteiger partial charge is 0.370 e. The molecular weight excluding hydrogens is 286 g/mol. The average molecular weight is 301 g/mol. The summed E-state index contributed by atoms with van der Waals surface area (Å²) in [5.74, 6) is -2.73. The van der Waals surface area contributed by atoms with Crippen molar-refractivity contribution in [3.8, 4) is 0 Å². The molecule has 1 aromatic rings. The van der Waals surface area contributed by atoms with E-state index in [2.05, 4.69) is 0 Å². The number of carbonyl (C=O) groups is 2. The van der Waals surface area contributed by atoms with E-state index in [9.17, 15) is 22.6 Å². The highest BCUT2D eigenvalue weighted by atomic mass is 32.2. The second-order valence-electron chi connectivity index (χ2n) is 4.22. The SMILES string of the molecule is NC(=O)CC(c1ccccc1S(=O)(=O)O)[C@H](N)C(N)=O. The Morgan fingerprint density at radius 2 is 1.75 bits per heavy atom. The quantitative estimate of drug-likeness (QED) is 0.476. The first-order valence-corrected chi connectivity index (χ1v) is 6.98. The topological polar surface area (TPSA) is 167 Å². The fraction of sp³-hybridized carbons (Fsp3) is 0.273. The third kappa shape index (κ3) is 3.76. The lowest BCUT2D eigenvalue weighted by atomic mass is 9.88. The molecule has 0 aromatic heterocycles. The zero-order valence-corrected chi connectivity index (χ0v) is 11.2. The van der Waals surface area contributed by atoms with E-state index < -0.39 is 38.8 Å². The van der Waals surface area contributed by atoms with Gasteiger partial charge >= 0.3 is 0 Å². The fourth-order valence-electron chi connectivity index (χ4n) is 1.87. The molecule has 2 atom stereocenters. The second-order valence-corrected chi connectivity index (χ2v) is 5.61. The summed E-state index contributed by atoms with van der Waals surface area (Å²) in [6, 6.07) is 4.01. The van der Waals surface area contributed by atoms with E-state index in [1.807, 2.05) is 0 Å². The summed E-state index contributed by atoms with van der Waals surface area (Å²) in [5, 5.41) is 0. The van der Waals surface area contributed by atoms with Gasteiger partial charge in [0.15, 0.2) is 0 Å². The number of nitrogens with two attached hydrogens (primary N) is 3. The van der Waals surface area contributed by atoms with E-state index in [1.54, 1.807) is 0 Å². The molecule has 0 aliphatic rings. The van der Waals surface area contributed by atoms with Crippen LogP contribution in [0.1, 0.15) is 17.9 Å². The van der Waals surface area contributed by atoms with E-state index in [-0.39, 0.29) is 12.0 Å². The smallest absolute Gasteiger partial charge is 0.294 e. The van der Waals surface area contributed by atoms with E-state index >= 15 is 0 Å². The van der Waals surface area contributed by atoms with Crippen LogP contribution in [0, 0.1) is 0 Å². The molecule has 0 saturated heterocycles. The lowest BCUT2D eigenvalue weighted by molar-refractivity contribution is -0.120. The molecule has 0 saturated carbocycles. The molecule has 7 N–H and O–H groups in total. The van der Waals surface area contributed by atoms with Crippen molar-refractivity contribution in [1.29, 1.82) is 0 Å². The van der Waals surface area contributed by atoms with E-state index in [0.717, 1.165) is 6.07 Å². The number of primary amides is 2. The van der Waals surface area contributed by atoms with Gasteiger partial charge in [-0.15, -0.1) is 0 Å². The molecule has 9 heteroatoms. The highest BCUT2D eigenvalue weighted by molar-refractivity contribution is 7.85. The van der Waals surface area contributed by atoms with Gasteiger partial charge in [-0.2, -0.15) is 8.42 Å². The van der Waals surface area contributed by atoms with Crippen molar-refractivity contribution in [1.82, 2.24) is 0 Å². The first kappa shape index (κ1) is 16.1. The van der Waals surface area contributed by atoms with Crippen LogP contribution in [-0.2, 0) is 19.7 Å². The highest BCUT2D eigenvalue weighted by Crippen LogP contribution is 2.28. The van der Waals surface area contributed by atoms with Gasteiger partial charge in [-0.25, -0.2) is 0 Å². The Bertz CT molecular complexity index is 629. The summed E-state index contributed by atoms with van der Waals surface area (Å²) < 4.78 is 31.8. The van der Waals surface area contributed by atoms with Crippen molar-refractivity contribution in [2.45, 2.75) is 23.3 Å². The molecule has 110 valence electrons. The highest BCUT2D eigenvalue weighted by Gasteiger charge is 2.30. The lowest BCUT2D eigenvalue weighted by Crippen LogP contribution is -2.43. The molecule has 0 heterocycles. The van der Waals surface area contributed by atoms with Crippen molar-refractivity contribution < 1.29 is 22.6 Å². The number of benzene rings is 1. The van der Waals surface area contributed by atoms with Gasteiger partial charge in [0.2, 0.25) is 11.8 Å². The molecule has 1 unspecified atom stereocenters. The molecule has 1 aromatic carbocycles. The Kier molecular flexibility index (Phi) is 4.82. The summed E-state index contributed by atoms with van der Waals surface area (Å²) in [4.78, 5) is 21.8. The van der Waals surface area contributed by atoms with E-state index in [1.165, 1.54) is 18.2 Å². The second kappa shape index (κ2) is 5.99. The molecule has 0 bridgehead atoms. The third-order valence-electron chi connectivity index (χ3n) is 2.78. The van der Waals surface area contributed by atoms with Crippen molar-refractivity contribution >= 4 is 21.9 Å². The summed E-state index contributed by atoms with van der Waals surface area (Å²) in [6.07, 6.45) is -0.378. The fourth-order valence-corrected chi connectivity index (χ4v) is 2.63. The zero-order chi connectivity index (χ0) is 15.5. The summed E-state index contributed by atoms with van der Waals surface area (Å²) in [5.41, 5.74) is 15.8. The van der Waals surface area contributed by atoms with Gasteiger partial charge in [-0.1, -0.05) is 18.2 Å². The molecule has 2 amide bonds. The monoisotopic (exact) mass is 301 g/mol. The predicted molar refractivity (Wildman–Crippen MR) is 70.0 cm³/mol. The Hall–Kier alpha value is -1.97. The van der Waals surface area contributed by atoms with Gasteiger partial charge in [0.1, 0.15) is 0 Å². The maximum absolute atomic E-state index is 11.3. The molecule has 1 rings (SSSR count). The van der Waals surface area contributed by atoms with Gasteiger partial charge in [-0.3, -0.25) is 14.1 Å². The number of rotatable bonds is 6. The molecule has 0 spiro atoms. The summed E-state index contributed by atoms with van der Waals surface area (Å²) in [6.45, 7) is 0. The van der Waals surface area contributed by atoms with Gasteiger partial charge in [0.05, 0.1) is 10.9 Å². The Balaban J connectivity index is 3.42. The normalized spacial score (nSPS) is 14.5. The van der Waals surface area contributed by atoms with Crippen LogP contribution in [0.2, 0.25) is 0 Å². The van der Waals surface area contributed by atoms with Gasteiger partial charge in [0, 0.05) is 12.3 Å². The average Bonchev–Trinajstić information content (AvgIpc) is 2.33. The van der Waals surface area contributed by atoms with E-state index in [4.69, 9.17) is 17.2 Å². The molecule has 0 aliphatic carbocycles. The van der Waals surface area contributed by atoms with Crippen LogP contribution < -0.4 is 17.2 Å². The standard InChI is InChI=1S/C11H15N3O5S/c12-9(15)5-7(10(13)11(14)16)6-3-1-2-4-8(6)20(17,18)19/h1-4,7,10H,5,13H2,(H2,12,15)(H2,14,16)(H,17,18,19)/t7?,10-/m0/s1. The van der Waals surface area contributed by atoms with Gasteiger partial charge in [0.25, 0.3) is 10.1 Å². The van der Waals surface area contributed by atoms with Crippen molar-refractivity contribution in [3.05, 3.63) is 29.8 Å². The maximum Gasteiger partial charge on any atom is 0.294 e. The predicted octanol–water partition coefficient (Wildman–Crippen LogP) is -1.30. The number of amides is 2. The Labute approximate surface area is 115 Å². The van der Waals surface area contributed by atoms with Crippen LogP contribution in [0.3, 0.4) is 0 Å². The van der Waals surface area contributed by atoms with Crippen molar-refractivity contribution in [3.63, 3.8) is 0 Å². The van der Waals surface area contributed by atoms with Crippen LogP contribution in [0.4, 0.5) is 0 Å². The molecule has 20 heavy (non-hydrogen) atoms. The molecule has 8 nitrogen and oxygen atoms in total. The molecule has 0 fully saturated rings. The maximum atomic E-state index is 11.3. The molecular formula is C11H15N3O5S. The first-order valence-electron chi connectivity index (χ1n) is 5.54.